The second-order valence-corrected chi connectivity index (χ2v) is 4.09. The molecular weight excluding hydrogens is 267 g/mol. The van der Waals surface area contributed by atoms with E-state index in [1.807, 2.05) is 0 Å². The summed E-state index contributed by atoms with van der Waals surface area (Å²) in [6, 6.07) is 2.77. The summed E-state index contributed by atoms with van der Waals surface area (Å²) >= 11 is 0. The van der Waals surface area contributed by atoms with Crippen molar-refractivity contribution in [2.75, 3.05) is 25.0 Å². The third-order valence-electron chi connectivity index (χ3n) is 2.71. The van der Waals surface area contributed by atoms with Gasteiger partial charge >= 0.3 is 12.0 Å². The summed E-state index contributed by atoms with van der Waals surface area (Å²) in [5.41, 5.74) is -0.268. The van der Waals surface area contributed by atoms with E-state index in [1.54, 1.807) is 6.92 Å². The number of carboxylic acids is 1. The number of aliphatic hydroxyl groups excluding tert-OH is 1. The molecule has 0 bridgehead atoms. The number of halogens is 1. The number of hydrogen-bond acceptors (Lipinski definition) is 3. The van der Waals surface area contributed by atoms with Gasteiger partial charge in [-0.1, -0.05) is 0 Å². The largest absolute Gasteiger partial charge is 0.478 e. The lowest BCUT2D eigenvalue weighted by atomic mass is 10.2. The van der Waals surface area contributed by atoms with Gasteiger partial charge in [0, 0.05) is 19.7 Å². The number of carbonyl (C=O) groups excluding carboxylic acids is 1. The van der Waals surface area contributed by atoms with Crippen molar-refractivity contribution in [1.29, 1.82) is 0 Å². The standard InChI is InChI=1S/C13H17FN2O4/c1-2-16(6-3-7-17)13(20)15-11-5-4-9(12(18)19)8-10(11)14/h4-5,8,17H,2-3,6-7H2,1H3,(H,15,20)(H,18,19). The van der Waals surface area contributed by atoms with Gasteiger partial charge in [0.2, 0.25) is 0 Å². The van der Waals surface area contributed by atoms with Gasteiger partial charge in [-0.3, -0.25) is 0 Å². The Morgan fingerprint density at radius 2 is 2.10 bits per heavy atom. The first-order valence-electron chi connectivity index (χ1n) is 6.19. The van der Waals surface area contributed by atoms with E-state index in [1.165, 1.54) is 17.0 Å². The van der Waals surface area contributed by atoms with E-state index >= 15 is 0 Å². The number of benzene rings is 1. The number of nitrogens with zero attached hydrogens (tertiary/aromatic N) is 1. The Morgan fingerprint density at radius 1 is 1.40 bits per heavy atom. The van der Waals surface area contributed by atoms with Crippen LogP contribution >= 0.6 is 0 Å². The topological polar surface area (TPSA) is 89.9 Å². The molecule has 20 heavy (non-hydrogen) atoms. The Labute approximate surface area is 115 Å². The van der Waals surface area contributed by atoms with Gasteiger partial charge in [-0.15, -0.1) is 0 Å². The van der Waals surface area contributed by atoms with Crippen molar-refractivity contribution in [3.05, 3.63) is 29.6 Å². The molecule has 2 amide bonds. The van der Waals surface area contributed by atoms with Crippen molar-refractivity contribution in [2.45, 2.75) is 13.3 Å². The van der Waals surface area contributed by atoms with Gasteiger partial charge in [-0.25, -0.2) is 14.0 Å². The van der Waals surface area contributed by atoms with Crippen molar-refractivity contribution >= 4 is 17.7 Å². The normalized spacial score (nSPS) is 10.2. The molecule has 0 spiro atoms. The molecule has 1 rings (SSSR count). The minimum absolute atomic E-state index is 0.0363. The number of aromatic carboxylic acids is 1. The lowest BCUT2D eigenvalue weighted by molar-refractivity contribution is 0.0696. The highest BCUT2D eigenvalue weighted by Crippen LogP contribution is 2.16. The van der Waals surface area contributed by atoms with Crippen LogP contribution in [0.1, 0.15) is 23.7 Å². The summed E-state index contributed by atoms with van der Waals surface area (Å²) in [4.78, 5) is 24.0. The van der Waals surface area contributed by atoms with E-state index in [9.17, 15) is 14.0 Å². The van der Waals surface area contributed by atoms with Crippen LogP contribution in [0.15, 0.2) is 18.2 Å². The third kappa shape index (κ3) is 4.20. The van der Waals surface area contributed by atoms with E-state index in [0.29, 0.717) is 19.5 Å². The monoisotopic (exact) mass is 284 g/mol. The van der Waals surface area contributed by atoms with E-state index in [4.69, 9.17) is 10.2 Å². The molecule has 0 fully saturated rings. The fourth-order valence-corrected chi connectivity index (χ4v) is 1.61. The van der Waals surface area contributed by atoms with Crippen LogP contribution in [-0.2, 0) is 0 Å². The predicted octanol–water partition coefficient (Wildman–Crippen LogP) is 1.76. The number of anilines is 1. The molecule has 0 saturated heterocycles. The zero-order valence-electron chi connectivity index (χ0n) is 11.1. The lowest BCUT2D eigenvalue weighted by Crippen LogP contribution is -2.36. The highest BCUT2D eigenvalue weighted by molar-refractivity contribution is 5.91. The summed E-state index contributed by atoms with van der Waals surface area (Å²) in [5.74, 6) is -2.05. The number of hydrogen-bond donors (Lipinski definition) is 3. The molecule has 110 valence electrons. The summed E-state index contributed by atoms with van der Waals surface area (Å²) in [7, 11) is 0. The van der Waals surface area contributed by atoms with Crippen molar-refractivity contribution in [3.8, 4) is 0 Å². The molecule has 1 aromatic carbocycles. The molecule has 6 nitrogen and oxygen atoms in total. The van der Waals surface area contributed by atoms with Crippen LogP contribution in [0.2, 0.25) is 0 Å². The number of rotatable bonds is 6. The van der Waals surface area contributed by atoms with Crippen LogP contribution in [-0.4, -0.2) is 46.8 Å². The van der Waals surface area contributed by atoms with Crippen molar-refractivity contribution < 1.29 is 24.2 Å². The number of amides is 2. The SMILES string of the molecule is CCN(CCCO)C(=O)Nc1ccc(C(=O)O)cc1F. The van der Waals surface area contributed by atoms with Crippen LogP contribution < -0.4 is 5.32 Å². The average molecular weight is 284 g/mol. The quantitative estimate of drug-likeness (QED) is 0.742. The first-order valence-corrected chi connectivity index (χ1v) is 6.19. The summed E-state index contributed by atoms with van der Waals surface area (Å²) in [6.07, 6.45) is 0.432. The van der Waals surface area contributed by atoms with E-state index in [-0.39, 0.29) is 17.9 Å². The smallest absolute Gasteiger partial charge is 0.335 e. The third-order valence-corrected chi connectivity index (χ3v) is 2.71. The minimum Gasteiger partial charge on any atom is -0.478 e. The highest BCUT2D eigenvalue weighted by atomic mass is 19.1. The van der Waals surface area contributed by atoms with Gasteiger partial charge < -0.3 is 20.4 Å². The predicted molar refractivity (Wildman–Crippen MR) is 71.3 cm³/mol. The highest BCUT2D eigenvalue weighted by Gasteiger charge is 2.14. The fourth-order valence-electron chi connectivity index (χ4n) is 1.61. The van der Waals surface area contributed by atoms with Gasteiger partial charge in [-0.05, 0) is 31.5 Å². The zero-order chi connectivity index (χ0) is 15.1. The van der Waals surface area contributed by atoms with Crippen LogP contribution in [0, 0.1) is 5.82 Å². The number of carboxylic acid groups (broad SMARTS) is 1. The molecule has 0 aromatic heterocycles. The van der Waals surface area contributed by atoms with Crippen molar-refractivity contribution in [3.63, 3.8) is 0 Å². The Hall–Kier alpha value is -2.15. The van der Waals surface area contributed by atoms with Gasteiger partial charge in [-0.2, -0.15) is 0 Å². The second kappa shape index (κ2) is 7.44. The molecule has 3 N–H and O–H groups in total. The minimum atomic E-state index is -1.24. The molecule has 7 heteroatoms. The summed E-state index contributed by atoms with van der Waals surface area (Å²) in [5, 5.41) is 19.8. The molecule has 0 saturated carbocycles. The number of urea groups is 1. The van der Waals surface area contributed by atoms with Crippen LogP contribution in [0.4, 0.5) is 14.9 Å². The second-order valence-electron chi connectivity index (χ2n) is 4.09. The van der Waals surface area contributed by atoms with Gasteiger partial charge in [0.1, 0.15) is 5.82 Å². The Morgan fingerprint density at radius 3 is 2.60 bits per heavy atom. The van der Waals surface area contributed by atoms with E-state index < -0.39 is 17.8 Å². The van der Waals surface area contributed by atoms with Crippen LogP contribution in [0.3, 0.4) is 0 Å². The summed E-state index contributed by atoms with van der Waals surface area (Å²) < 4.78 is 13.7. The lowest BCUT2D eigenvalue weighted by Gasteiger charge is -2.21. The first kappa shape index (κ1) is 15.9. The average Bonchev–Trinajstić information content (AvgIpc) is 2.41. The molecule has 0 aliphatic heterocycles. The Kier molecular flexibility index (Phi) is 5.92. The van der Waals surface area contributed by atoms with Crippen LogP contribution in [0.25, 0.3) is 0 Å². The fraction of sp³-hybridized carbons (Fsp3) is 0.385. The first-order chi connectivity index (χ1) is 9.49. The molecule has 0 atom stereocenters. The maximum atomic E-state index is 13.7. The summed E-state index contributed by atoms with van der Waals surface area (Å²) in [6.45, 7) is 2.50. The molecule has 0 radical (unpaired) electrons. The van der Waals surface area contributed by atoms with E-state index in [2.05, 4.69) is 5.32 Å². The van der Waals surface area contributed by atoms with Crippen molar-refractivity contribution in [1.82, 2.24) is 4.90 Å². The van der Waals surface area contributed by atoms with E-state index in [0.717, 1.165) is 6.07 Å². The van der Waals surface area contributed by atoms with Crippen LogP contribution in [0.5, 0.6) is 0 Å². The Bertz CT molecular complexity index is 493. The molecule has 1 aromatic rings. The van der Waals surface area contributed by atoms with Gasteiger partial charge in [0.05, 0.1) is 11.3 Å². The number of aliphatic hydroxyl groups is 1. The molecule has 0 unspecified atom stereocenters. The maximum absolute atomic E-state index is 13.7. The molecule has 0 heterocycles. The van der Waals surface area contributed by atoms with Crippen molar-refractivity contribution in [2.24, 2.45) is 0 Å². The molecule has 0 aliphatic rings. The number of nitrogens with one attached hydrogen (secondary N) is 1. The molecule has 0 aliphatic carbocycles. The molecular formula is C13H17FN2O4. The zero-order valence-corrected chi connectivity index (χ0v) is 11.1. The Balaban J connectivity index is 2.76. The van der Waals surface area contributed by atoms with Gasteiger partial charge in [0.15, 0.2) is 0 Å². The van der Waals surface area contributed by atoms with Gasteiger partial charge in [0.25, 0.3) is 0 Å². The number of carbonyl (C=O) groups is 2. The maximum Gasteiger partial charge on any atom is 0.335 e.